The third kappa shape index (κ3) is 3.93. The number of rotatable bonds is 4. The molecule has 2 aliphatic rings. The van der Waals surface area contributed by atoms with Gasteiger partial charge in [0.15, 0.2) is 11.6 Å². The molecule has 2 aromatic rings. The van der Waals surface area contributed by atoms with E-state index in [1.807, 2.05) is 25.1 Å². The van der Waals surface area contributed by atoms with Gasteiger partial charge < -0.3 is 14.5 Å². The van der Waals surface area contributed by atoms with Crippen molar-refractivity contribution in [3.05, 3.63) is 29.1 Å². The lowest BCUT2D eigenvalue weighted by molar-refractivity contribution is 0.122. The van der Waals surface area contributed by atoms with Crippen molar-refractivity contribution in [3.8, 4) is 0 Å². The molecule has 0 spiro atoms. The summed E-state index contributed by atoms with van der Waals surface area (Å²) in [6.07, 6.45) is 0. The third-order valence-corrected chi connectivity index (χ3v) is 8.21. The Labute approximate surface area is 163 Å². The molecule has 2 aromatic heterocycles. The van der Waals surface area contributed by atoms with Gasteiger partial charge in [-0.1, -0.05) is 0 Å². The molecule has 8 nitrogen and oxygen atoms in total. The number of hydrogen-bond acceptors (Lipinski definition) is 8. The standard InChI is InChI=1S/C17H23N5O3S2/c1-14-2-5-17(26-14)27(23,24)22-8-6-20(7-9-22)15-3-4-16(19-18-15)21-10-12-25-13-11-21/h2-5H,6-13H2,1H3. The Hall–Kier alpha value is -1.75. The molecule has 10 heteroatoms. The molecule has 2 aliphatic heterocycles. The van der Waals surface area contributed by atoms with E-state index in [-0.39, 0.29) is 0 Å². The van der Waals surface area contributed by atoms with Crippen LogP contribution in [-0.2, 0) is 14.8 Å². The summed E-state index contributed by atoms with van der Waals surface area (Å²) in [6.45, 7) is 7.11. The number of aromatic nitrogens is 2. The number of hydrogen-bond donors (Lipinski definition) is 0. The number of anilines is 2. The Morgan fingerprint density at radius 3 is 2.00 bits per heavy atom. The first kappa shape index (κ1) is 18.6. The summed E-state index contributed by atoms with van der Waals surface area (Å²) in [6, 6.07) is 7.48. The minimum atomic E-state index is -3.40. The number of morpholine rings is 1. The van der Waals surface area contributed by atoms with Gasteiger partial charge in [-0.15, -0.1) is 21.5 Å². The second kappa shape index (κ2) is 7.70. The molecule has 0 aromatic carbocycles. The number of ether oxygens (including phenoxy) is 1. The van der Waals surface area contributed by atoms with Crippen LogP contribution in [0.5, 0.6) is 0 Å². The van der Waals surface area contributed by atoms with E-state index < -0.39 is 10.0 Å². The number of sulfonamides is 1. The minimum absolute atomic E-state index is 0.420. The molecular weight excluding hydrogens is 386 g/mol. The Balaban J connectivity index is 1.39. The van der Waals surface area contributed by atoms with E-state index in [4.69, 9.17) is 4.74 Å². The zero-order valence-electron chi connectivity index (χ0n) is 15.2. The maximum Gasteiger partial charge on any atom is 0.252 e. The van der Waals surface area contributed by atoms with Crippen molar-refractivity contribution in [2.45, 2.75) is 11.1 Å². The summed E-state index contributed by atoms with van der Waals surface area (Å²) in [5.41, 5.74) is 0. The summed E-state index contributed by atoms with van der Waals surface area (Å²) < 4.78 is 32.8. The lowest BCUT2D eigenvalue weighted by atomic mass is 10.3. The van der Waals surface area contributed by atoms with Gasteiger partial charge in [0.05, 0.1) is 13.2 Å². The number of aryl methyl sites for hydroxylation is 1. The van der Waals surface area contributed by atoms with Crippen LogP contribution in [0.1, 0.15) is 4.88 Å². The molecule has 4 heterocycles. The number of thiophene rings is 1. The van der Waals surface area contributed by atoms with Crippen LogP contribution in [0.4, 0.5) is 11.6 Å². The fourth-order valence-corrected chi connectivity index (χ4v) is 6.14. The molecule has 4 rings (SSSR count). The van der Waals surface area contributed by atoms with Crippen LogP contribution in [0.25, 0.3) is 0 Å². The van der Waals surface area contributed by atoms with Gasteiger partial charge in [0, 0.05) is 44.1 Å². The molecule has 146 valence electrons. The van der Waals surface area contributed by atoms with Crippen LogP contribution >= 0.6 is 11.3 Å². The average Bonchev–Trinajstić information content (AvgIpc) is 3.16. The van der Waals surface area contributed by atoms with Crippen molar-refractivity contribution in [1.82, 2.24) is 14.5 Å². The third-order valence-electron chi connectivity index (χ3n) is 4.84. The van der Waals surface area contributed by atoms with Gasteiger partial charge in [0.1, 0.15) is 4.21 Å². The van der Waals surface area contributed by atoms with E-state index >= 15 is 0 Å². The first-order chi connectivity index (χ1) is 13.0. The molecule has 0 aliphatic carbocycles. The molecule has 2 fully saturated rings. The van der Waals surface area contributed by atoms with Crippen LogP contribution in [0, 0.1) is 6.92 Å². The second-order valence-corrected chi connectivity index (χ2v) is 10.1. The molecule has 0 bridgehead atoms. The molecule has 0 saturated carbocycles. The average molecular weight is 410 g/mol. The van der Waals surface area contributed by atoms with E-state index in [0.717, 1.165) is 29.6 Å². The molecule has 27 heavy (non-hydrogen) atoms. The van der Waals surface area contributed by atoms with Crippen LogP contribution in [0.15, 0.2) is 28.5 Å². The largest absolute Gasteiger partial charge is 0.378 e. The monoisotopic (exact) mass is 409 g/mol. The van der Waals surface area contributed by atoms with E-state index in [2.05, 4.69) is 20.0 Å². The van der Waals surface area contributed by atoms with E-state index in [0.29, 0.717) is 43.6 Å². The first-order valence-electron chi connectivity index (χ1n) is 9.02. The number of nitrogens with zero attached hydrogens (tertiary/aromatic N) is 5. The van der Waals surface area contributed by atoms with Crippen molar-refractivity contribution in [2.75, 3.05) is 62.3 Å². The van der Waals surface area contributed by atoms with Crippen molar-refractivity contribution in [2.24, 2.45) is 0 Å². The highest BCUT2D eigenvalue weighted by atomic mass is 32.2. The predicted octanol–water partition coefficient (Wildman–Crippen LogP) is 1.19. The molecule has 0 amide bonds. The molecule has 0 atom stereocenters. The van der Waals surface area contributed by atoms with Gasteiger partial charge in [-0.2, -0.15) is 4.31 Å². The van der Waals surface area contributed by atoms with Crippen LogP contribution in [0.2, 0.25) is 0 Å². The SMILES string of the molecule is Cc1ccc(S(=O)(=O)N2CCN(c3ccc(N4CCOCC4)nn3)CC2)s1. The van der Waals surface area contributed by atoms with Crippen molar-refractivity contribution < 1.29 is 13.2 Å². The van der Waals surface area contributed by atoms with Crippen molar-refractivity contribution in [3.63, 3.8) is 0 Å². The molecule has 0 unspecified atom stereocenters. The summed E-state index contributed by atoms with van der Waals surface area (Å²) in [5, 5.41) is 8.70. The topological polar surface area (TPSA) is 78.9 Å². The zero-order chi connectivity index (χ0) is 18.9. The lowest BCUT2D eigenvalue weighted by Gasteiger charge is -2.34. The fraction of sp³-hybridized carbons (Fsp3) is 0.529. The Bertz CT molecular complexity index is 870. The summed E-state index contributed by atoms with van der Waals surface area (Å²) >= 11 is 1.32. The predicted molar refractivity (Wildman–Crippen MR) is 105 cm³/mol. The van der Waals surface area contributed by atoms with Gasteiger partial charge in [-0.05, 0) is 31.2 Å². The van der Waals surface area contributed by atoms with E-state index in [1.165, 1.54) is 11.3 Å². The van der Waals surface area contributed by atoms with Crippen LogP contribution in [-0.4, -0.2) is 75.4 Å². The van der Waals surface area contributed by atoms with Crippen molar-refractivity contribution in [1.29, 1.82) is 0 Å². The highest BCUT2D eigenvalue weighted by molar-refractivity contribution is 7.91. The Kier molecular flexibility index (Phi) is 5.31. The van der Waals surface area contributed by atoms with Crippen molar-refractivity contribution >= 4 is 33.0 Å². The Morgan fingerprint density at radius 1 is 0.889 bits per heavy atom. The normalized spacial score (nSPS) is 19.4. The quantitative estimate of drug-likeness (QED) is 0.751. The highest BCUT2D eigenvalue weighted by Crippen LogP contribution is 2.26. The molecule has 2 saturated heterocycles. The van der Waals surface area contributed by atoms with Gasteiger partial charge in [0.25, 0.3) is 10.0 Å². The number of piperazine rings is 1. The van der Waals surface area contributed by atoms with Gasteiger partial charge >= 0.3 is 0 Å². The van der Waals surface area contributed by atoms with Gasteiger partial charge in [-0.3, -0.25) is 0 Å². The minimum Gasteiger partial charge on any atom is -0.378 e. The summed E-state index contributed by atoms with van der Waals surface area (Å²) in [5.74, 6) is 1.65. The van der Waals surface area contributed by atoms with Gasteiger partial charge in [0.2, 0.25) is 0 Å². The van der Waals surface area contributed by atoms with Crippen LogP contribution < -0.4 is 9.80 Å². The summed E-state index contributed by atoms with van der Waals surface area (Å²) in [4.78, 5) is 5.25. The Morgan fingerprint density at radius 2 is 1.48 bits per heavy atom. The second-order valence-electron chi connectivity index (χ2n) is 6.61. The van der Waals surface area contributed by atoms with E-state index in [9.17, 15) is 8.42 Å². The molecule has 0 N–H and O–H groups in total. The lowest BCUT2D eigenvalue weighted by Crippen LogP contribution is -2.48. The van der Waals surface area contributed by atoms with Crippen LogP contribution in [0.3, 0.4) is 0 Å². The summed E-state index contributed by atoms with van der Waals surface area (Å²) in [7, 11) is -3.40. The highest BCUT2D eigenvalue weighted by Gasteiger charge is 2.30. The van der Waals surface area contributed by atoms with E-state index in [1.54, 1.807) is 10.4 Å². The molecular formula is C17H23N5O3S2. The zero-order valence-corrected chi connectivity index (χ0v) is 16.9. The first-order valence-corrected chi connectivity index (χ1v) is 11.3. The fourth-order valence-electron chi connectivity index (χ4n) is 3.28. The smallest absolute Gasteiger partial charge is 0.252 e. The maximum atomic E-state index is 12.7. The maximum absolute atomic E-state index is 12.7. The van der Waals surface area contributed by atoms with Gasteiger partial charge in [-0.25, -0.2) is 8.42 Å². The molecule has 0 radical (unpaired) electrons.